The van der Waals surface area contributed by atoms with Crippen LogP contribution in [-0.4, -0.2) is 62.3 Å². The molecular weight excluding hydrogens is 488 g/mol. The molecular formula is C33H50N2O4. The number of ether oxygens (including phenoxy) is 2. The van der Waals surface area contributed by atoms with Crippen LogP contribution in [0, 0.1) is 0 Å². The van der Waals surface area contributed by atoms with Crippen molar-refractivity contribution in [2.24, 2.45) is 0 Å². The summed E-state index contributed by atoms with van der Waals surface area (Å²) >= 11 is 0. The molecule has 216 valence electrons. The van der Waals surface area contributed by atoms with E-state index < -0.39 is 0 Å². The van der Waals surface area contributed by atoms with Gasteiger partial charge in [0, 0.05) is 0 Å². The molecule has 0 fully saturated rings. The lowest BCUT2D eigenvalue weighted by Gasteiger charge is -2.17. The fraction of sp³-hybridized carbons (Fsp3) is 0.606. The molecule has 1 heterocycles. The quantitative estimate of drug-likeness (QED) is 0.110. The minimum atomic E-state index is -0.0463. The highest BCUT2D eigenvalue weighted by Gasteiger charge is 2.15. The highest BCUT2D eigenvalue weighted by Crippen LogP contribution is 2.31. The molecule has 6 heteroatoms. The van der Waals surface area contributed by atoms with E-state index in [1.54, 1.807) is 0 Å². The third-order valence-electron chi connectivity index (χ3n) is 7.69. The fourth-order valence-electron chi connectivity index (χ4n) is 5.10. The van der Waals surface area contributed by atoms with E-state index in [1.165, 1.54) is 25.7 Å². The van der Waals surface area contributed by atoms with Gasteiger partial charge in [-0.3, -0.25) is 4.79 Å². The molecule has 2 aromatic carbocycles. The molecule has 0 N–H and O–H groups in total. The zero-order valence-electron chi connectivity index (χ0n) is 24.8. The van der Waals surface area contributed by atoms with Crippen molar-refractivity contribution < 1.29 is 13.9 Å². The minimum Gasteiger partial charge on any atom is -0.490 e. The number of hydrogen-bond donors (Lipinski definition) is 0. The maximum Gasteiger partial charge on any atom is 0.200 e. The first-order valence-electron chi connectivity index (χ1n) is 15.3. The van der Waals surface area contributed by atoms with Crippen molar-refractivity contribution >= 4 is 21.9 Å². The predicted molar refractivity (Wildman–Crippen MR) is 163 cm³/mol. The van der Waals surface area contributed by atoms with Crippen molar-refractivity contribution in [3.05, 3.63) is 46.6 Å². The van der Waals surface area contributed by atoms with E-state index in [1.807, 2.05) is 36.4 Å². The first-order valence-corrected chi connectivity index (χ1v) is 15.3. The molecule has 0 saturated carbocycles. The molecule has 0 aliphatic rings. The Bertz CT molecular complexity index is 1080. The summed E-state index contributed by atoms with van der Waals surface area (Å²) in [5.74, 6) is 1.25. The maximum absolute atomic E-state index is 13.3. The fourth-order valence-corrected chi connectivity index (χ4v) is 5.10. The molecule has 1 aromatic heterocycles. The summed E-state index contributed by atoms with van der Waals surface area (Å²) in [6, 6.07) is 11.1. The minimum absolute atomic E-state index is 0.0463. The molecule has 0 unspecified atom stereocenters. The SMILES string of the molecule is CCN(CC)CCCCCCOc1cccc2c(=O)c3cccc(OCCCCCCN(CC)CC)c3oc12. The van der Waals surface area contributed by atoms with Gasteiger partial charge in [0.05, 0.1) is 24.0 Å². The third kappa shape index (κ3) is 9.25. The molecule has 3 rings (SSSR count). The second-order valence-corrected chi connectivity index (χ2v) is 10.3. The first kappa shape index (κ1) is 31.0. The second-order valence-electron chi connectivity index (χ2n) is 10.3. The Labute approximate surface area is 235 Å². The lowest BCUT2D eigenvalue weighted by molar-refractivity contribution is 0.283. The van der Waals surface area contributed by atoms with Gasteiger partial charge < -0.3 is 23.7 Å². The van der Waals surface area contributed by atoms with Gasteiger partial charge >= 0.3 is 0 Å². The van der Waals surface area contributed by atoms with E-state index in [0.717, 1.165) is 65.0 Å². The van der Waals surface area contributed by atoms with Crippen molar-refractivity contribution in [2.45, 2.75) is 79.1 Å². The van der Waals surface area contributed by atoms with Gasteiger partial charge in [0.2, 0.25) is 5.43 Å². The highest BCUT2D eigenvalue weighted by molar-refractivity contribution is 5.94. The molecule has 0 aliphatic carbocycles. The van der Waals surface area contributed by atoms with E-state index in [-0.39, 0.29) is 5.43 Å². The van der Waals surface area contributed by atoms with E-state index in [9.17, 15) is 4.79 Å². The molecule has 0 aliphatic heterocycles. The van der Waals surface area contributed by atoms with Crippen molar-refractivity contribution in [3.63, 3.8) is 0 Å². The number of para-hydroxylation sites is 2. The first-order chi connectivity index (χ1) is 19.1. The molecule has 6 nitrogen and oxygen atoms in total. The van der Waals surface area contributed by atoms with Crippen molar-refractivity contribution in [3.8, 4) is 11.5 Å². The molecule has 3 aromatic rings. The molecule has 0 bridgehead atoms. The van der Waals surface area contributed by atoms with Gasteiger partial charge in [-0.2, -0.15) is 0 Å². The van der Waals surface area contributed by atoms with Crippen LogP contribution in [0.3, 0.4) is 0 Å². The number of nitrogens with zero attached hydrogens (tertiary/aromatic N) is 2. The predicted octanol–water partition coefficient (Wildman–Crippen LogP) is 7.51. The van der Waals surface area contributed by atoms with Crippen LogP contribution in [0.25, 0.3) is 21.9 Å². The summed E-state index contributed by atoms with van der Waals surface area (Å²) in [5.41, 5.74) is 0.961. The Morgan fingerprint density at radius 1 is 0.590 bits per heavy atom. The Morgan fingerprint density at radius 2 is 1.00 bits per heavy atom. The second kappa shape index (κ2) is 17.2. The summed E-state index contributed by atoms with van der Waals surface area (Å²) in [4.78, 5) is 18.2. The lowest BCUT2D eigenvalue weighted by Crippen LogP contribution is -2.23. The van der Waals surface area contributed by atoms with E-state index in [4.69, 9.17) is 13.9 Å². The van der Waals surface area contributed by atoms with Gasteiger partial charge in [-0.15, -0.1) is 0 Å². The van der Waals surface area contributed by atoms with Crippen molar-refractivity contribution in [2.75, 3.05) is 52.5 Å². The summed E-state index contributed by atoms with van der Waals surface area (Å²) in [5, 5.41) is 1.09. The van der Waals surface area contributed by atoms with Crippen LogP contribution in [0.4, 0.5) is 0 Å². The van der Waals surface area contributed by atoms with E-state index >= 15 is 0 Å². The van der Waals surface area contributed by atoms with E-state index in [2.05, 4.69) is 37.5 Å². The number of unbranched alkanes of at least 4 members (excludes halogenated alkanes) is 6. The molecule has 0 atom stereocenters. The topological polar surface area (TPSA) is 55.1 Å². The van der Waals surface area contributed by atoms with Gasteiger partial charge in [0.25, 0.3) is 0 Å². The van der Waals surface area contributed by atoms with Crippen LogP contribution in [0.15, 0.2) is 45.6 Å². The molecule has 0 saturated heterocycles. The number of benzene rings is 2. The van der Waals surface area contributed by atoms with Crippen LogP contribution in [0.5, 0.6) is 11.5 Å². The van der Waals surface area contributed by atoms with Gasteiger partial charge in [-0.05, 0) is 89.2 Å². The zero-order chi connectivity index (χ0) is 27.9. The largest absolute Gasteiger partial charge is 0.490 e. The smallest absolute Gasteiger partial charge is 0.200 e. The van der Waals surface area contributed by atoms with Crippen molar-refractivity contribution in [1.82, 2.24) is 9.80 Å². The van der Waals surface area contributed by atoms with Gasteiger partial charge in [-0.25, -0.2) is 0 Å². The van der Waals surface area contributed by atoms with E-state index in [0.29, 0.717) is 46.7 Å². The van der Waals surface area contributed by atoms with Crippen LogP contribution >= 0.6 is 0 Å². The standard InChI is InChI=1S/C33H50N2O4/c1-5-34(6-2)23-13-9-11-15-25-37-29-21-17-19-27-31(36)28-20-18-22-30(33(28)39-32(27)29)38-26-16-12-10-14-24-35(7-3)8-4/h17-22H,5-16,23-26H2,1-4H3. The highest BCUT2D eigenvalue weighted by atomic mass is 16.5. The Balaban J connectivity index is 1.57. The summed E-state index contributed by atoms with van der Waals surface area (Å²) in [6.07, 6.45) is 9.06. The molecule has 0 spiro atoms. The average molecular weight is 539 g/mol. The van der Waals surface area contributed by atoms with Gasteiger partial charge in [-0.1, -0.05) is 65.5 Å². The molecule has 39 heavy (non-hydrogen) atoms. The average Bonchev–Trinajstić information content (AvgIpc) is 2.96. The van der Waals surface area contributed by atoms with Gasteiger partial charge in [0.1, 0.15) is 0 Å². The normalized spacial score (nSPS) is 11.7. The number of hydrogen-bond acceptors (Lipinski definition) is 6. The lowest BCUT2D eigenvalue weighted by atomic mass is 10.1. The number of fused-ring (bicyclic) bond motifs is 2. The Morgan fingerprint density at radius 3 is 1.41 bits per heavy atom. The summed E-state index contributed by atoms with van der Waals surface area (Å²) < 4.78 is 18.6. The molecule has 0 radical (unpaired) electrons. The zero-order valence-corrected chi connectivity index (χ0v) is 24.8. The molecule has 0 amide bonds. The number of rotatable bonds is 20. The maximum atomic E-state index is 13.3. The Kier molecular flexibility index (Phi) is 13.6. The van der Waals surface area contributed by atoms with Crippen LogP contribution in [0.2, 0.25) is 0 Å². The van der Waals surface area contributed by atoms with Gasteiger partial charge in [0.15, 0.2) is 22.7 Å². The summed E-state index contributed by atoms with van der Waals surface area (Å²) in [6.45, 7) is 16.9. The Hall–Kier alpha value is -2.57. The summed E-state index contributed by atoms with van der Waals surface area (Å²) in [7, 11) is 0. The third-order valence-corrected chi connectivity index (χ3v) is 7.69. The van der Waals surface area contributed by atoms with Crippen LogP contribution in [-0.2, 0) is 0 Å². The monoisotopic (exact) mass is 538 g/mol. The van der Waals surface area contributed by atoms with Crippen LogP contribution < -0.4 is 14.9 Å². The van der Waals surface area contributed by atoms with Crippen molar-refractivity contribution in [1.29, 1.82) is 0 Å². The van der Waals surface area contributed by atoms with Crippen LogP contribution in [0.1, 0.15) is 79.1 Å².